The lowest BCUT2D eigenvalue weighted by molar-refractivity contribution is -0.145. The maximum atomic E-state index is 11.3. The van der Waals surface area contributed by atoms with E-state index < -0.39 is 5.97 Å². The predicted molar refractivity (Wildman–Crippen MR) is 64.0 cm³/mol. The Morgan fingerprint density at radius 3 is 2.59 bits per heavy atom. The number of hydrogen-bond acceptors (Lipinski definition) is 4. The summed E-state index contributed by atoms with van der Waals surface area (Å²) in [7, 11) is 0. The Kier molecular flexibility index (Phi) is 5.13. The second kappa shape index (κ2) is 6.62. The van der Waals surface area contributed by atoms with E-state index in [0.717, 1.165) is 5.56 Å². The molecule has 92 valence electrons. The van der Waals surface area contributed by atoms with Crippen LogP contribution in [0.1, 0.15) is 25.5 Å². The first kappa shape index (κ1) is 13.2. The minimum absolute atomic E-state index is 0.132. The molecule has 0 radical (unpaired) electrons. The molecule has 0 heterocycles. The predicted octanol–water partition coefficient (Wildman–Crippen LogP) is 2.29. The van der Waals surface area contributed by atoms with Crippen LogP contribution in [0.2, 0.25) is 0 Å². The normalized spacial score (nSPS) is 11.6. The maximum absolute atomic E-state index is 11.3. The van der Waals surface area contributed by atoms with Crippen molar-refractivity contribution in [3.8, 4) is 0 Å². The Bertz CT molecular complexity index is 367. The fourth-order valence-corrected chi connectivity index (χ4v) is 1.48. The van der Waals surface area contributed by atoms with E-state index >= 15 is 0 Å². The number of nitrogens with zero attached hydrogens (tertiary/aromatic N) is 2. The fourth-order valence-electron chi connectivity index (χ4n) is 1.48. The number of ether oxygens (including phenoxy) is 1. The summed E-state index contributed by atoms with van der Waals surface area (Å²) in [5, 5.41) is 4.04. The topological polar surface area (TPSA) is 59.0 Å². The average molecular weight is 236 g/mol. The molecule has 1 rings (SSSR count). The number of nitroso groups, excluding NO2 is 1. The maximum Gasteiger partial charge on any atom is 0.327 e. The van der Waals surface area contributed by atoms with Crippen molar-refractivity contribution in [1.29, 1.82) is 0 Å². The second-order valence-corrected chi connectivity index (χ2v) is 3.57. The molecular formula is C12H16N2O3. The number of carbonyl (C=O) groups excluding carboxylic acids is 1. The number of rotatable bonds is 6. The molecule has 0 aliphatic heterocycles. The van der Waals surface area contributed by atoms with Crippen LogP contribution in [0.5, 0.6) is 0 Å². The number of benzene rings is 1. The summed E-state index contributed by atoms with van der Waals surface area (Å²) in [6.07, 6.45) is 0. The van der Waals surface area contributed by atoms with Gasteiger partial charge in [-0.2, -0.15) is 0 Å². The molecule has 0 saturated carbocycles. The van der Waals surface area contributed by atoms with Gasteiger partial charge >= 0.3 is 5.97 Å². The molecule has 0 bridgehead atoms. The van der Waals surface area contributed by atoms with E-state index in [1.165, 1.54) is 5.01 Å². The highest BCUT2D eigenvalue weighted by molar-refractivity contribution is 5.71. The smallest absolute Gasteiger partial charge is 0.327 e. The molecule has 0 unspecified atom stereocenters. The van der Waals surface area contributed by atoms with Gasteiger partial charge in [-0.15, -0.1) is 4.91 Å². The van der Waals surface area contributed by atoms with E-state index in [4.69, 9.17) is 4.74 Å². The second-order valence-electron chi connectivity index (χ2n) is 3.57. The van der Waals surface area contributed by atoms with Gasteiger partial charge in [-0.3, -0.25) is 4.79 Å². The van der Waals surface area contributed by atoms with Crippen molar-refractivity contribution in [2.75, 3.05) is 13.2 Å². The summed E-state index contributed by atoms with van der Waals surface area (Å²) < 4.78 is 4.78. The van der Waals surface area contributed by atoms with E-state index in [1.807, 2.05) is 37.3 Å². The van der Waals surface area contributed by atoms with Crippen molar-refractivity contribution < 1.29 is 9.53 Å². The summed E-state index contributed by atoms with van der Waals surface area (Å²) in [6.45, 7) is 3.70. The number of esters is 1. The van der Waals surface area contributed by atoms with Crippen LogP contribution in [0.25, 0.3) is 0 Å². The molecule has 0 saturated heterocycles. The summed E-state index contributed by atoms with van der Waals surface area (Å²) in [5.41, 5.74) is 0.927. The van der Waals surface area contributed by atoms with Crippen molar-refractivity contribution in [1.82, 2.24) is 5.01 Å². The van der Waals surface area contributed by atoms with E-state index in [-0.39, 0.29) is 12.6 Å². The van der Waals surface area contributed by atoms with Gasteiger partial charge < -0.3 is 4.74 Å². The van der Waals surface area contributed by atoms with Gasteiger partial charge in [0.1, 0.15) is 6.54 Å². The van der Waals surface area contributed by atoms with Gasteiger partial charge in [0.25, 0.3) is 0 Å². The molecule has 0 aliphatic rings. The van der Waals surface area contributed by atoms with Crippen molar-refractivity contribution in [2.45, 2.75) is 19.9 Å². The minimum Gasteiger partial charge on any atom is -0.465 e. The first-order chi connectivity index (χ1) is 8.19. The molecular weight excluding hydrogens is 220 g/mol. The zero-order valence-electron chi connectivity index (χ0n) is 10.00. The highest BCUT2D eigenvalue weighted by atomic mass is 16.5. The van der Waals surface area contributed by atoms with E-state index in [2.05, 4.69) is 5.29 Å². The monoisotopic (exact) mass is 236 g/mol. The van der Waals surface area contributed by atoms with Gasteiger partial charge in [0, 0.05) is 0 Å². The molecule has 1 aromatic carbocycles. The van der Waals surface area contributed by atoms with E-state index in [9.17, 15) is 9.70 Å². The molecule has 0 aliphatic carbocycles. The van der Waals surface area contributed by atoms with Crippen LogP contribution in [-0.2, 0) is 9.53 Å². The molecule has 17 heavy (non-hydrogen) atoms. The Labute approximate surface area is 100 Å². The fraction of sp³-hybridized carbons (Fsp3) is 0.417. The van der Waals surface area contributed by atoms with Crippen LogP contribution in [0.15, 0.2) is 35.6 Å². The SMILES string of the molecule is CCOC(=O)CN(N=O)[C@H](C)c1ccccc1. The average Bonchev–Trinajstić information content (AvgIpc) is 2.36. The highest BCUT2D eigenvalue weighted by Gasteiger charge is 2.18. The standard InChI is InChI=1S/C12H16N2O3/c1-3-17-12(15)9-14(13-16)10(2)11-7-5-4-6-8-11/h4-8,10H,3,9H2,1-2H3/t10-/m1/s1. The largest absolute Gasteiger partial charge is 0.465 e. The Morgan fingerprint density at radius 2 is 2.06 bits per heavy atom. The zero-order chi connectivity index (χ0) is 12.7. The molecule has 1 atom stereocenters. The van der Waals surface area contributed by atoms with Gasteiger partial charge in [-0.25, -0.2) is 5.01 Å². The van der Waals surface area contributed by atoms with Crippen LogP contribution in [0.3, 0.4) is 0 Å². The van der Waals surface area contributed by atoms with Crippen molar-refractivity contribution in [3.05, 3.63) is 40.8 Å². The van der Waals surface area contributed by atoms with E-state index in [0.29, 0.717) is 6.61 Å². The van der Waals surface area contributed by atoms with Crippen molar-refractivity contribution in [2.24, 2.45) is 5.29 Å². The molecule has 0 amide bonds. The lowest BCUT2D eigenvalue weighted by Gasteiger charge is -2.22. The third kappa shape index (κ3) is 3.86. The summed E-state index contributed by atoms with van der Waals surface area (Å²) in [4.78, 5) is 22.0. The lowest BCUT2D eigenvalue weighted by atomic mass is 10.1. The first-order valence-corrected chi connectivity index (χ1v) is 5.49. The number of hydrogen-bond donors (Lipinski definition) is 0. The third-order valence-corrected chi connectivity index (χ3v) is 2.43. The molecule has 0 aromatic heterocycles. The lowest BCUT2D eigenvalue weighted by Crippen LogP contribution is -2.28. The van der Waals surface area contributed by atoms with Gasteiger partial charge in [0.2, 0.25) is 0 Å². The van der Waals surface area contributed by atoms with Crippen LogP contribution in [-0.4, -0.2) is 24.1 Å². The molecule has 5 nitrogen and oxygen atoms in total. The molecule has 0 fully saturated rings. The number of carbonyl (C=O) groups is 1. The van der Waals surface area contributed by atoms with E-state index in [1.54, 1.807) is 6.92 Å². The van der Waals surface area contributed by atoms with Crippen LogP contribution < -0.4 is 0 Å². The molecule has 0 N–H and O–H groups in total. The van der Waals surface area contributed by atoms with Crippen LogP contribution in [0, 0.1) is 4.91 Å². The van der Waals surface area contributed by atoms with Crippen LogP contribution >= 0.6 is 0 Å². The van der Waals surface area contributed by atoms with Gasteiger partial charge in [0.05, 0.1) is 17.9 Å². The van der Waals surface area contributed by atoms with Gasteiger partial charge in [-0.1, -0.05) is 30.3 Å². The highest BCUT2D eigenvalue weighted by Crippen LogP contribution is 2.19. The van der Waals surface area contributed by atoms with Crippen LogP contribution in [0.4, 0.5) is 0 Å². The molecule has 0 spiro atoms. The third-order valence-electron chi connectivity index (χ3n) is 2.43. The van der Waals surface area contributed by atoms with Crippen molar-refractivity contribution >= 4 is 5.97 Å². The Balaban J connectivity index is 2.67. The van der Waals surface area contributed by atoms with Gasteiger partial charge in [-0.05, 0) is 19.4 Å². The first-order valence-electron chi connectivity index (χ1n) is 5.49. The summed E-state index contributed by atoms with van der Waals surface area (Å²) >= 11 is 0. The summed E-state index contributed by atoms with van der Waals surface area (Å²) in [5.74, 6) is -0.449. The minimum atomic E-state index is -0.449. The molecule has 5 heteroatoms. The Morgan fingerprint density at radius 1 is 1.41 bits per heavy atom. The Hall–Kier alpha value is -1.91. The zero-order valence-corrected chi connectivity index (χ0v) is 10.00. The summed E-state index contributed by atoms with van der Waals surface area (Å²) in [6, 6.07) is 9.15. The quantitative estimate of drug-likeness (QED) is 0.432. The molecule has 1 aromatic rings. The van der Waals surface area contributed by atoms with Gasteiger partial charge in [0.15, 0.2) is 0 Å². The van der Waals surface area contributed by atoms with Crippen molar-refractivity contribution in [3.63, 3.8) is 0 Å².